The monoisotopic (exact) mass is 427 g/mol. The van der Waals surface area contributed by atoms with Crippen LogP contribution in [0.2, 0.25) is 10.0 Å². The third kappa shape index (κ3) is 3.17. The van der Waals surface area contributed by atoms with Crippen molar-refractivity contribution in [3.8, 4) is 16.5 Å². The third-order valence-electron chi connectivity index (χ3n) is 4.12. The molecule has 0 bridgehead atoms. The first-order chi connectivity index (χ1) is 13.7. The minimum atomic E-state index is 0.177. The van der Waals surface area contributed by atoms with E-state index in [1.165, 1.54) is 11.3 Å². The molecule has 0 amide bonds. The van der Waals surface area contributed by atoms with E-state index in [1.54, 1.807) is 22.7 Å². The molecule has 0 aliphatic rings. The predicted octanol–water partition coefficient (Wildman–Crippen LogP) is 5.29. The molecule has 3 heterocycles. The molecule has 0 aliphatic heterocycles. The number of para-hydroxylation sites is 1. The summed E-state index contributed by atoms with van der Waals surface area (Å²) in [4.78, 5) is 5.36. The van der Waals surface area contributed by atoms with Crippen molar-refractivity contribution in [1.82, 2.24) is 24.8 Å². The van der Waals surface area contributed by atoms with Gasteiger partial charge in [0.1, 0.15) is 18.1 Å². The lowest BCUT2D eigenvalue weighted by atomic mass is 10.2. The van der Waals surface area contributed by atoms with Crippen molar-refractivity contribution >= 4 is 50.4 Å². The average Bonchev–Trinajstić information content (AvgIpc) is 3.28. The molecule has 2 aromatic carbocycles. The number of aromatic nitrogens is 5. The topological polar surface area (TPSA) is 65.2 Å². The van der Waals surface area contributed by atoms with E-state index in [9.17, 15) is 0 Å². The van der Waals surface area contributed by atoms with Gasteiger partial charge in [-0.05, 0) is 30.3 Å². The summed E-state index contributed by atoms with van der Waals surface area (Å²) in [7, 11) is 0. The number of hydrogen-bond acceptors (Lipinski definition) is 6. The fraction of sp³-hybridized carbons (Fsp3) is 0.0526. The zero-order valence-electron chi connectivity index (χ0n) is 14.2. The Morgan fingerprint density at radius 2 is 1.89 bits per heavy atom. The minimum absolute atomic E-state index is 0.177. The zero-order valence-corrected chi connectivity index (χ0v) is 16.5. The van der Waals surface area contributed by atoms with E-state index < -0.39 is 0 Å². The molecule has 0 unspecified atom stereocenters. The molecule has 0 radical (unpaired) electrons. The SMILES string of the molecule is Clc1ccc(OCc2nnc3sc(-c4ccc5ccccc5n4)nn23)c(Cl)c1. The highest BCUT2D eigenvalue weighted by molar-refractivity contribution is 7.19. The number of ether oxygens (including phenoxy) is 1. The van der Waals surface area contributed by atoms with Crippen molar-refractivity contribution in [2.75, 3.05) is 0 Å². The number of fused-ring (bicyclic) bond motifs is 2. The van der Waals surface area contributed by atoms with Crippen molar-refractivity contribution in [3.05, 3.63) is 70.5 Å². The van der Waals surface area contributed by atoms with Crippen molar-refractivity contribution in [3.63, 3.8) is 0 Å². The number of halogens is 2. The zero-order chi connectivity index (χ0) is 19.1. The molecule has 5 rings (SSSR count). The Hall–Kier alpha value is -2.74. The van der Waals surface area contributed by atoms with Gasteiger partial charge >= 0.3 is 0 Å². The first kappa shape index (κ1) is 17.4. The molecule has 9 heteroatoms. The number of rotatable bonds is 4. The van der Waals surface area contributed by atoms with Crippen LogP contribution in [0.5, 0.6) is 5.75 Å². The maximum atomic E-state index is 6.15. The van der Waals surface area contributed by atoms with Gasteiger partial charge in [0.25, 0.3) is 0 Å². The number of pyridine rings is 1. The summed E-state index contributed by atoms with van der Waals surface area (Å²) in [6.45, 7) is 0.177. The molecule has 6 nitrogen and oxygen atoms in total. The molecule has 0 spiro atoms. The number of nitrogens with zero attached hydrogens (tertiary/aromatic N) is 5. The van der Waals surface area contributed by atoms with Gasteiger partial charge in [0, 0.05) is 10.4 Å². The van der Waals surface area contributed by atoms with Gasteiger partial charge in [-0.25, -0.2) is 4.98 Å². The van der Waals surface area contributed by atoms with Gasteiger partial charge in [0.15, 0.2) is 10.8 Å². The van der Waals surface area contributed by atoms with Crippen LogP contribution in [0.3, 0.4) is 0 Å². The van der Waals surface area contributed by atoms with E-state index in [2.05, 4.69) is 20.3 Å². The summed E-state index contributed by atoms with van der Waals surface area (Å²) in [5, 5.41) is 15.8. The molecular weight excluding hydrogens is 417 g/mol. The maximum Gasteiger partial charge on any atom is 0.235 e. The van der Waals surface area contributed by atoms with Gasteiger partial charge < -0.3 is 4.74 Å². The van der Waals surface area contributed by atoms with Crippen LogP contribution in [0.4, 0.5) is 0 Å². The van der Waals surface area contributed by atoms with Crippen molar-refractivity contribution < 1.29 is 4.74 Å². The van der Waals surface area contributed by atoms with Crippen LogP contribution in [0.25, 0.3) is 26.6 Å². The molecule has 0 N–H and O–H groups in total. The van der Waals surface area contributed by atoms with Gasteiger partial charge in [-0.3, -0.25) is 0 Å². The lowest BCUT2D eigenvalue weighted by molar-refractivity contribution is 0.293. The Morgan fingerprint density at radius 3 is 2.79 bits per heavy atom. The molecule has 28 heavy (non-hydrogen) atoms. The highest BCUT2D eigenvalue weighted by Gasteiger charge is 2.15. The van der Waals surface area contributed by atoms with Crippen molar-refractivity contribution in [2.24, 2.45) is 0 Å². The van der Waals surface area contributed by atoms with Gasteiger partial charge in [0.2, 0.25) is 4.96 Å². The first-order valence-corrected chi connectivity index (χ1v) is 9.90. The molecule has 0 atom stereocenters. The fourth-order valence-electron chi connectivity index (χ4n) is 2.77. The van der Waals surface area contributed by atoms with Gasteiger partial charge in [-0.15, -0.1) is 10.2 Å². The Kier molecular flexibility index (Phi) is 4.35. The lowest BCUT2D eigenvalue weighted by Gasteiger charge is -2.06. The quantitative estimate of drug-likeness (QED) is 0.389. The summed E-state index contributed by atoms with van der Waals surface area (Å²) < 4.78 is 7.42. The summed E-state index contributed by atoms with van der Waals surface area (Å²) >= 11 is 13.5. The molecule has 5 aromatic rings. The highest BCUT2D eigenvalue weighted by atomic mass is 35.5. The van der Waals surface area contributed by atoms with Crippen LogP contribution >= 0.6 is 34.5 Å². The van der Waals surface area contributed by atoms with E-state index in [-0.39, 0.29) is 6.61 Å². The summed E-state index contributed by atoms with van der Waals surface area (Å²) in [5.41, 5.74) is 1.72. The largest absolute Gasteiger partial charge is 0.484 e. The van der Waals surface area contributed by atoms with E-state index in [4.69, 9.17) is 27.9 Å². The molecule has 0 saturated heterocycles. The Morgan fingerprint density at radius 1 is 1.00 bits per heavy atom. The maximum absolute atomic E-state index is 6.15. The second-order valence-electron chi connectivity index (χ2n) is 5.97. The number of benzene rings is 2. The lowest BCUT2D eigenvalue weighted by Crippen LogP contribution is -2.02. The van der Waals surface area contributed by atoms with Gasteiger partial charge in [-0.2, -0.15) is 9.61 Å². The molecule has 0 aliphatic carbocycles. The third-order valence-corrected chi connectivity index (χ3v) is 5.58. The summed E-state index contributed by atoms with van der Waals surface area (Å²) in [6.07, 6.45) is 0. The first-order valence-electron chi connectivity index (χ1n) is 8.32. The number of hydrogen-bond donors (Lipinski definition) is 0. The second-order valence-corrected chi connectivity index (χ2v) is 7.77. The smallest absolute Gasteiger partial charge is 0.235 e. The molecule has 0 saturated carbocycles. The van der Waals surface area contributed by atoms with Crippen LogP contribution in [0.1, 0.15) is 5.82 Å². The van der Waals surface area contributed by atoms with Crippen LogP contribution in [0, 0.1) is 0 Å². The normalized spacial score (nSPS) is 11.4. The van der Waals surface area contributed by atoms with Crippen molar-refractivity contribution in [2.45, 2.75) is 6.61 Å². The second kappa shape index (κ2) is 7.01. The molecule has 0 fully saturated rings. The van der Waals surface area contributed by atoms with Crippen LogP contribution in [-0.4, -0.2) is 24.8 Å². The van der Waals surface area contributed by atoms with Gasteiger partial charge in [-0.1, -0.05) is 58.8 Å². The van der Waals surface area contributed by atoms with E-state index in [0.717, 1.165) is 21.6 Å². The summed E-state index contributed by atoms with van der Waals surface area (Å²) in [5.74, 6) is 1.10. The van der Waals surface area contributed by atoms with E-state index >= 15 is 0 Å². The Labute approximate surface area is 173 Å². The summed E-state index contributed by atoms with van der Waals surface area (Å²) in [6, 6.07) is 17.0. The van der Waals surface area contributed by atoms with Crippen molar-refractivity contribution in [1.29, 1.82) is 0 Å². The van der Waals surface area contributed by atoms with Gasteiger partial charge in [0.05, 0.1) is 10.5 Å². The Balaban J connectivity index is 1.44. The predicted molar refractivity (Wildman–Crippen MR) is 110 cm³/mol. The van der Waals surface area contributed by atoms with E-state index in [1.807, 2.05) is 36.4 Å². The average molecular weight is 428 g/mol. The van der Waals surface area contributed by atoms with Crippen LogP contribution in [-0.2, 0) is 6.61 Å². The minimum Gasteiger partial charge on any atom is -0.484 e. The fourth-order valence-corrected chi connectivity index (χ4v) is 4.06. The Bertz CT molecular complexity index is 1320. The van der Waals surface area contributed by atoms with Crippen LogP contribution in [0.15, 0.2) is 54.6 Å². The standard InChI is InChI=1S/C19H11Cl2N5OS/c20-12-6-8-16(13(21)9-12)27-10-17-23-24-19-26(17)25-18(28-19)15-7-5-11-3-1-2-4-14(11)22-15/h1-9H,10H2. The van der Waals surface area contributed by atoms with Crippen LogP contribution < -0.4 is 4.74 Å². The molecule has 3 aromatic heterocycles. The molecule has 138 valence electrons. The van der Waals surface area contributed by atoms with E-state index in [0.29, 0.717) is 26.6 Å². The molecular formula is C19H11Cl2N5OS. The highest BCUT2D eigenvalue weighted by Crippen LogP contribution is 2.29.